The van der Waals surface area contributed by atoms with Crippen LogP contribution in [0.1, 0.15) is 19.4 Å². The summed E-state index contributed by atoms with van der Waals surface area (Å²) >= 11 is 0. The first-order valence-electron chi connectivity index (χ1n) is 6.77. The van der Waals surface area contributed by atoms with E-state index in [0.717, 1.165) is 22.5 Å². The van der Waals surface area contributed by atoms with Crippen LogP contribution in [0.4, 0.5) is 14.5 Å². The van der Waals surface area contributed by atoms with Crippen LogP contribution in [-0.4, -0.2) is 14.5 Å². The molecular weight excluding hydrogens is 322 g/mol. The quantitative estimate of drug-likeness (QED) is 0.859. The van der Waals surface area contributed by atoms with E-state index in [1.807, 2.05) is 6.07 Å². The lowest BCUT2D eigenvalue weighted by Gasteiger charge is -2.28. The molecule has 0 N–H and O–H groups in total. The van der Waals surface area contributed by atoms with Crippen LogP contribution in [0.2, 0.25) is 0 Å². The van der Waals surface area contributed by atoms with E-state index in [1.165, 1.54) is 24.3 Å². The van der Waals surface area contributed by atoms with Crippen molar-refractivity contribution >= 4 is 15.7 Å². The largest absolute Gasteiger partial charge is 0.267 e. The molecular formula is C16H14F2N2O2S. The van der Waals surface area contributed by atoms with E-state index in [4.69, 9.17) is 5.26 Å². The summed E-state index contributed by atoms with van der Waals surface area (Å²) in [5, 5.41) is 8.96. The third kappa shape index (κ3) is 3.17. The molecule has 0 saturated heterocycles. The van der Waals surface area contributed by atoms with Gasteiger partial charge in [0.25, 0.3) is 10.0 Å². The minimum absolute atomic E-state index is 0.211. The molecule has 0 radical (unpaired) electrons. The smallest absolute Gasteiger partial charge is 0.264 e. The number of nitriles is 1. The molecule has 0 fully saturated rings. The zero-order valence-corrected chi connectivity index (χ0v) is 13.3. The molecule has 7 heteroatoms. The number of rotatable bonds is 4. The molecule has 0 unspecified atom stereocenters. The molecule has 0 atom stereocenters. The third-order valence-corrected chi connectivity index (χ3v) is 5.17. The first-order chi connectivity index (χ1) is 10.8. The van der Waals surface area contributed by atoms with E-state index < -0.39 is 32.6 Å². The first-order valence-corrected chi connectivity index (χ1v) is 8.21. The van der Waals surface area contributed by atoms with Gasteiger partial charge in [-0.15, -0.1) is 0 Å². The molecule has 2 aromatic rings. The van der Waals surface area contributed by atoms with Gasteiger partial charge in [-0.1, -0.05) is 12.1 Å². The molecule has 0 saturated carbocycles. The predicted octanol–water partition coefficient (Wildman–Crippen LogP) is 3.44. The van der Waals surface area contributed by atoms with Gasteiger partial charge < -0.3 is 0 Å². The molecule has 0 heterocycles. The Balaban J connectivity index is 2.65. The molecule has 0 aliphatic carbocycles. The van der Waals surface area contributed by atoms with E-state index in [0.29, 0.717) is 0 Å². The summed E-state index contributed by atoms with van der Waals surface area (Å²) in [6.07, 6.45) is 0. The molecule has 0 aliphatic heterocycles. The Morgan fingerprint density at radius 3 is 2.39 bits per heavy atom. The number of hydrogen-bond donors (Lipinski definition) is 0. The Bertz CT molecular complexity index is 874. The fourth-order valence-corrected chi connectivity index (χ4v) is 3.95. The predicted molar refractivity (Wildman–Crippen MR) is 82.3 cm³/mol. The molecule has 23 heavy (non-hydrogen) atoms. The number of halogens is 2. The lowest BCUT2D eigenvalue weighted by Crippen LogP contribution is -2.37. The highest BCUT2D eigenvalue weighted by molar-refractivity contribution is 7.92. The second kappa shape index (κ2) is 6.34. The average Bonchev–Trinajstić information content (AvgIpc) is 2.49. The zero-order chi connectivity index (χ0) is 17.2. The number of sulfonamides is 1. The van der Waals surface area contributed by atoms with Crippen molar-refractivity contribution in [2.24, 2.45) is 0 Å². The lowest BCUT2D eigenvalue weighted by molar-refractivity contribution is 0.484. The van der Waals surface area contributed by atoms with Gasteiger partial charge in [-0.2, -0.15) is 5.26 Å². The fraction of sp³-hybridized carbons (Fsp3) is 0.188. The van der Waals surface area contributed by atoms with Crippen molar-refractivity contribution in [2.45, 2.75) is 24.8 Å². The summed E-state index contributed by atoms with van der Waals surface area (Å²) < 4.78 is 53.9. The van der Waals surface area contributed by atoms with Gasteiger partial charge in [0.2, 0.25) is 0 Å². The van der Waals surface area contributed by atoms with Crippen LogP contribution >= 0.6 is 0 Å². The number of hydrogen-bond acceptors (Lipinski definition) is 3. The maximum atomic E-state index is 13.9. The summed E-state index contributed by atoms with van der Waals surface area (Å²) in [6.45, 7) is 3.21. The number of anilines is 1. The van der Waals surface area contributed by atoms with Crippen molar-refractivity contribution in [3.8, 4) is 6.07 Å². The minimum atomic E-state index is -4.32. The van der Waals surface area contributed by atoms with E-state index in [9.17, 15) is 17.2 Å². The first kappa shape index (κ1) is 16.9. The van der Waals surface area contributed by atoms with Crippen molar-refractivity contribution < 1.29 is 17.2 Å². The van der Waals surface area contributed by atoms with Gasteiger partial charge in [0.1, 0.15) is 4.90 Å². The van der Waals surface area contributed by atoms with E-state index in [1.54, 1.807) is 13.8 Å². The van der Waals surface area contributed by atoms with Crippen LogP contribution in [0.5, 0.6) is 0 Å². The average molecular weight is 336 g/mol. The van der Waals surface area contributed by atoms with Crippen molar-refractivity contribution in [2.75, 3.05) is 4.31 Å². The number of nitrogens with zero attached hydrogens (tertiary/aromatic N) is 2. The van der Waals surface area contributed by atoms with Crippen LogP contribution in [0.3, 0.4) is 0 Å². The fourth-order valence-electron chi connectivity index (χ4n) is 2.22. The second-order valence-electron chi connectivity index (χ2n) is 5.11. The Labute approximate surface area is 133 Å². The topological polar surface area (TPSA) is 61.2 Å². The summed E-state index contributed by atoms with van der Waals surface area (Å²) in [5.41, 5.74) is 0.478. The van der Waals surface area contributed by atoms with Crippen LogP contribution in [0, 0.1) is 23.0 Å². The van der Waals surface area contributed by atoms with Crippen molar-refractivity contribution in [1.29, 1.82) is 5.26 Å². The Kier molecular flexibility index (Phi) is 4.66. The van der Waals surface area contributed by atoms with Crippen molar-refractivity contribution in [1.82, 2.24) is 0 Å². The third-order valence-electron chi connectivity index (χ3n) is 3.15. The summed E-state index contributed by atoms with van der Waals surface area (Å²) in [5.74, 6) is -2.66. The van der Waals surface area contributed by atoms with Gasteiger partial charge in [-0.25, -0.2) is 17.2 Å². The van der Waals surface area contributed by atoms with Crippen molar-refractivity contribution in [3.63, 3.8) is 0 Å². The lowest BCUT2D eigenvalue weighted by atomic mass is 10.2. The van der Waals surface area contributed by atoms with Gasteiger partial charge in [0, 0.05) is 6.04 Å². The van der Waals surface area contributed by atoms with Crippen LogP contribution < -0.4 is 4.31 Å². The Morgan fingerprint density at radius 2 is 1.78 bits per heavy atom. The molecule has 0 aliphatic rings. The van der Waals surface area contributed by atoms with E-state index in [2.05, 4.69) is 0 Å². The molecule has 2 aromatic carbocycles. The second-order valence-corrected chi connectivity index (χ2v) is 6.89. The molecule has 0 bridgehead atoms. The molecule has 0 aromatic heterocycles. The number of benzene rings is 2. The Hall–Kier alpha value is -2.46. The molecule has 4 nitrogen and oxygen atoms in total. The van der Waals surface area contributed by atoms with Gasteiger partial charge in [0.05, 0.1) is 17.3 Å². The van der Waals surface area contributed by atoms with Gasteiger partial charge in [0.15, 0.2) is 11.6 Å². The molecule has 0 amide bonds. The van der Waals surface area contributed by atoms with Crippen LogP contribution in [0.15, 0.2) is 47.4 Å². The molecule has 2 rings (SSSR count). The highest BCUT2D eigenvalue weighted by Crippen LogP contribution is 2.28. The van der Waals surface area contributed by atoms with Gasteiger partial charge >= 0.3 is 0 Å². The maximum Gasteiger partial charge on any atom is 0.267 e. The highest BCUT2D eigenvalue weighted by Gasteiger charge is 2.31. The molecule has 0 spiro atoms. The SMILES string of the molecule is CC(C)N(c1cccc(C#N)c1)S(=O)(=O)c1cccc(F)c1F. The minimum Gasteiger partial charge on any atom is -0.264 e. The standard InChI is InChI=1S/C16H14F2N2O2S/c1-11(2)20(13-6-3-5-12(9-13)10-19)23(21,22)15-8-4-7-14(17)16(15)18/h3-9,11H,1-2H3. The summed E-state index contributed by atoms with van der Waals surface area (Å²) in [4.78, 5) is -0.742. The van der Waals surface area contributed by atoms with Gasteiger partial charge in [-0.05, 0) is 44.2 Å². The molecule has 120 valence electrons. The summed E-state index contributed by atoms with van der Waals surface area (Å²) in [7, 11) is -4.32. The van der Waals surface area contributed by atoms with Crippen LogP contribution in [-0.2, 0) is 10.0 Å². The van der Waals surface area contributed by atoms with E-state index in [-0.39, 0.29) is 11.3 Å². The van der Waals surface area contributed by atoms with Gasteiger partial charge in [-0.3, -0.25) is 4.31 Å². The normalized spacial score (nSPS) is 11.3. The van der Waals surface area contributed by atoms with Crippen molar-refractivity contribution in [3.05, 3.63) is 59.7 Å². The zero-order valence-electron chi connectivity index (χ0n) is 12.5. The summed E-state index contributed by atoms with van der Waals surface area (Å²) in [6, 6.07) is 10.3. The van der Waals surface area contributed by atoms with E-state index >= 15 is 0 Å². The van der Waals surface area contributed by atoms with Crippen LogP contribution in [0.25, 0.3) is 0 Å². The highest BCUT2D eigenvalue weighted by atomic mass is 32.2. The maximum absolute atomic E-state index is 13.9. The Morgan fingerprint density at radius 1 is 1.13 bits per heavy atom. The monoisotopic (exact) mass is 336 g/mol.